The van der Waals surface area contributed by atoms with Crippen molar-refractivity contribution in [1.29, 1.82) is 0 Å². The van der Waals surface area contributed by atoms with E-state index in [9.17, 15) is 4.79 Å². The van der Waals surface area contributed by atoms with Crippen LogP contribution in [-0.4, -0.2) is 10.1 Å². The fourth-order valence-electron chi connectivity index (χ4n) is 1.99. The lowest BCUT2D eigenvalue weighted by molar-refractivity contribution is -0.115. The molecule has 0 bridgehead atoms. The van der Waals surface area contributed by atoms with Crippen LogP contribution in [0.1, 0.15) is 5.56 Å². The molecule has 0 radical (unpaired) electrons. The zero-order valence-electron chi connectivity index (χ0n) is 8.74. The topological polar surface area (TPSA) is 17.1 Å². The first-order valence-electron chi connectivity index (χ1n) is 5.19. The lowest BCUT2D eigenvalue weighted by atomic mass is 9.95. The number of allylic oxidation sites excluding steroid dienone is 3. The van der Waals surface area contributed by atoms with E-state index >= 15 is 0 Å². The molecule has 0 amide bonds. The maximum Gasteiger partial charge on any atom is 0.200 e. The minimum atomic E-state index is -1.40. The van der Waals surface area contributed by atoms with E-state index in [-0.39, 0.29) is 5.78 Å². The zero-order valence-corrected chi connectivity index (χ0v) is 11.1. The number of fused-ring (bicyclic) bond motifs is 1. The summed E-state index contributed by atoms with van der Waals surface area (Å²) in [5, 5.41) is 0. The average molecular weight is 283 g/mol. The van der Waals surface area contributed by atoms with Crippen LogP contribution in [0.4, 0.5) is 0 Å². The number of carbonyl (C=O) groups excluding carboxylic acids is 1. The Kier molecular flexibility index (Phi) is 2.62. The summed E-state index contributed by atoms with van der Waals surface area (Å²) in [6.45, 7) is 0. The van der Waals surface area contributed by atoms with Crippen molar-refractivity contribution in [1.82, 2.24) is 0 Å². The summed E-state index contributed by atoms with van der Waals surface area (Å²) >= 11 is 13.5. The highest BCUT2D eigenvalue weighted by Gasteiger charge is 2.38. The van der Waals surface area contributed by atoms with Gasteiger partial charge in [-0.2, -0.15) is 0 Å². The average Bonchev–Trinajstić information content (AvgIpc) is 2.33. The zero-order chi connectivity index (χ0) is 12.0. The normalized spacial score (nSPS) is 21.2. The summed E-state index contributed by atoms with van der Waals surface area (Å²) in [4.78, 5) is 14.3. The Bertz CT molecular complexity index is 573. The summed E-state index contributed by atoms with van der Waals surface area (Å²) in [5.41, 5.74) is 1.88. The number of hydrogen-bond acceptors (Lipinski definition) is 2. The predicted molar refractivity (Wildman–Crippen MR) is 71.6 cm³/mol. The minimum Gasteiger partial charge on any atom is -0.291 e. The SMILES string of the molecule is O=C1C2=C(C=CC1(Cl)Cl)Sc1ccccc1C2. The molecule has 4 heteroatoms. The molecule has 0 unspecified atom stereocenters. The van der Waals surface area contributed by atoms with Gasteiger partial charge in [0.2, 0.25) is 0 Å². The summed E-state index contributed by atoms with van der Waals surface area (Å²) in [5.74, 6) is -0.194. The highest BCUT2D eigenvalue weighted by molar-refractivity contribution is 8.03. The summed E-state index contributed by atoms with van der Waals surface area (Å²) < 4.78 is -1.40. The number of alkyl halides is 2. The molecular weight excluding hydrogens is 275 g/mol. The molecule has 1 aliphatic heterocycles. The lowest BCUT2D eigenvalue weighted by Gasteiger charge is -2.27. The van der Waals surface area contributed by atoms with Gasteiger partial charge in [-0.25, -0.2) is 0 Å². The van der Waals surface area contributed by atoms with Crippen molar-refractivity contribution in [2.24, 2.45) is 0 Å². The Hall–Kier alpha value is -0.700. The molecule has 3 rings (SSSR count). The molecule has 17 heavy (non-hydrogen) atoms. The van der Waals surface area contributed by atoms with Crippen molar-refractivity contribution < 1.29 is 4.79 Å². The molecule has 0 saturated carbocycles. The molecule has 0 aromatic heterocycles. The van der Waals surface area contributed by atoms with Crippen LogP contribution < -0.4 is 0 Å². The molecule has 0 spiro atoms. The fourth-order valence-corrected chi connectivity index (χ4v) is 3.42. The van der Waals surface area contributed by atoms with E-state index in [1.54, 1.807) is 17.8 Å². The third kappa shape index (κ3) is 1.85. The molecule has 1 aromatic carbocycles. The number of Topliss-reactive ketones (excluding diaryl/α,β-unsaturated/α-hetero) is 1. The fraction of sp³-hybridized carbons (Fsp3) is 0.154. The number of hydrogen-bond donors (Lipinski definition) is 0. The molecule has 86 valence electrons. The van der Waals surface area contributed by atoms with E-state index in [0.717, 1.165) is 16.0 Å². The van der Waals surface area contributed by atoms with Crippen LogP contribution in [-0.2, 0) is 11.2 Å². The molecule has 0 N–H and O–H groups in total. The van der Waals surface area contributed by atoms with Gasteiger partial charge in [-0.1, -0.05) is 53.2 Å². The van der Waals surface area contributed by atoms with Crippen LogP contribution in [0.5, 0.6) is 0 Å². The Morgan fingerprint density at radius 3 is 2.82 bits per heavy atom. The van der Waals surface area contributed by atoms with E-state index in [1.807, 2.05) is 24.3 Å². The summed E-state index contributed by atoms with van der Waals surface area (Å²) in [6.07, 6.45) is 4.01. The van der Waals surface area contributed by atoms with Crippen molar-refractivity contribution in [2.75, 3.05) is 0 Å². The van der Waals surface area contributed by atoms with E-state index < -0.39 is 4.33 Å². The van der Waals surface area contributed by atoms with Gasteiger partial charge in [-0.15, -0.1) is 0 Å². The minimum absolute atomic E-state index is 0.194. The van der Waals surface area contributed by atoms with Gasteiger partial charge in [0.1, 0.15) is 0 Å². The van der Waals surface area contributed by atoms with Gasteiger partial charge in [-0.3, -0.25) is 4.79 Å². The summed E-state index contributed by atoms with van der Waals surface area (Å²) in [6, 6.07) is 8.06. The second kappa shape index (κ2) is 3.91. The Labute approximate surface area is 113 Å². The van der Waals surface area contributed by atoms with Crippen molar-refractivity contribution in [3.8, 4) is 0 Å². The molecule has 0 saturated heterocycles. The number of benzene rings is 1. The summed E-state index contributed by atoms with van der Waals surface area (Å²) in [7, 11) is 0. The molecule has 0 atom stereocenters. The maximum absolute atomic E-state index is 12.1. The highest BCUT2D eigenvalue weighted by Crippen LogP contribution is 2.44. The predicted octanol–water partition coefficient (Wildman–Crippen LogP) is 3.90. The first-order valence-corrected chi connectivity index (χ1v) is 6.76. The van der Waals surface area contributed by atoms with Crippen LogP contribution in [0.2, 0.25) is 0 Å². The number of carbonyl (C=O) groups is 1. The van der Waals surface area contributed by atoms with Gasteiger partial charge in [-0.05, 0) is 23.8 Å². The van der Waals surface area contributed by atoms with Gasteiger partial charge in [0.25, 0.3) is 0 Å². The largest absolute Gasteiger partial charge is 0.291 e. The van der Waals surface area contributed by atoms with Crippen LogP contribution in [0, 0.1) is 0 Å². The van der Waals surface area contributed by atoms with E-state index in [1.165, 1.54) is 4.90 Å². The van der Waals surface area contributed by atoms with Gasteiger partial charge in [0, 0.05) is 21.8 Å². The standard InChI is InChI=1S/C13H8Cl2OS/c14-13(15)6-5-11-9(12(13)16)7-8-3-1-2-4-10(8)17-11/h1-6H,7H2. The molecule has 2 aliphatic rings. The van der Waals surface area contributed by atoms with Crippen molar-refractivity contribution in [3.05, 3.63) is 52.5 Å². The van der Waals surface area contributed by atoms with Crippen LogP contribution in [0.3, 0.4) is 0 Å². The van der Waals surface area contributed by atoms with Gasteiger partial charge < -0.3 is 0 Å². The Balaban J connectivity index is 2.06. The first kappa shape index (κ1) is 11.4. The van der Waals surface area contributed by atoms with Gasteiger partial charge in [0.05, 0.1) is 0 Å². The number of ketones is 1. The number of thioether (sulfide) groups is 1. The molecule has 1 heterocycles. The molecule has 1 nitrogen and oxygen atoms in total. The molecule has 0 fully saturated rings. The van der Waals surface area contributed by atoms with Crippen LogP contribution >= 0.6 is 35.0 Å². The van der Waals surface area contributed by atoms with Gasteiger partial charge in [0.15, 0.2) is 10.1 Å². The monoisotopic (exact) mass is 282 g/mol. The second-order valence-electron chi connectivity index (χ2n) is 4.01. The highest BCUT2D eigenvalue weighted by atomic mass is 35.5. The lowest BCUT2D eigenvalue weighted by Crippen LogP contribution is -2.30. The van der Waals surface area contributed by atoms with Crippen molar-refractivity contribution >= 4 is 40.7 Å². The molecule has 1 aromatic rings. The van der Waals surface area contributed by atoms with Crippen molar-refractivity contribution in [3.63, 3.8) is 0 Å². The first-order chi connectivity index (χ1) is 8.08. The quantitative estimate of drug-likeness (QED) is 0.672. The van der Waals surface area contributed by atoms with Crippen molar-refractivity contribution in [2.45, 2.75) is 15.6 Å². The third-order valence-electron chi connectivity index (χ3n) is 2.88. The van der Waals surface area contributed by atoms with Crippen LogP contribution in [0.15, 0.2) is 51.8 Å². The van der Waals surface area contributed by atoms with E-state index in [0.29, 0.717) is 6.42 Å². The molecular formula is C13H8Cl2OS. The molecule has 1 aliphatic carbocycles. The van der Waals surface area contributed by atoms with Crippen LogP contribution in [0.25, 0.3) is 0 Å². The van der Waals surface area contributed by atoms with Gasteiger partial charge >= 0.3 is 0 Å². The third-order valence-corrected chi connectivity index (χ3v) is 4.69. The Morgan fingerprint density at radius 2 is 2.00 bits per heavy atom. The Morgan fingerprint density at radius 1 is 1.24 bits per heavy atom. The number of halogens is 2. The van der Waals surface area contributed by atoms with E-state index in [2.05, 4.69) is 6.07 Å². The van der Waals surface area contributed by atoms with E-state index in [4.69, 9.17) is 23.2 Å². The second-order valence-corrected chi connectivity index (χ2v) is 6.48. The smallest absolute Gasteiger partial charge is 0.200 e. The number of rotatable bonds is 0. The maximum atomic E-state index is 12.1.